The van der Waals surface area contributed by atoms with Gasteiger partial charge in [-0.25, -0.2) is 16.8 Å². The second kappa shape index (κ2) is 13.6. The average molecular weight is 593 g/mol. The summed E-state index contributed by atoms with van der Waals surface area (Å²) in [5.41, 5.74) is 1.01. The first-order chi connectivity index (χ1) is 18.9. The van der Waals surface area contributed by atoms with Crippen LogP contribution in [-0.2, 0) is 26.5 Å². The van der Waals surface area contributed by atoms with Crippen LogP contribution in [0.5, 0.6) is 5.75 Å². The number of sulfonamides is 2. The summed E-state index contributed by atoms with van der Waals surface area (Å²) in [5, 5.41) is 0.360. The Morgan fingerprint density at radius 1 is 0.875 bits per heavy atom. The number of hydrogen-bond acceptors (Lipinski definition) is 8. The monoisotopic (exact) mass is 592 g/mol. The molecule has 3 aromatic rings. The van der Waals surface area contributed by atoms with Gasteiger partial charge in [0.1, 0.15) is 17.1 Å². The number of benzene rings is 2. The van der Waals surface area contributed by atoms with Gasteiger partial charge < -0.3 is 14.1 Å². The van der Waals surface area contributed by atoms with E-state index in [1.165, 1.54) is 31.0 Å². The third-order valence-corrected chi connectivity index (χ3v) is 9.76. The standard InChI is InChI=1S/C29H40N2O7S2/c1-6-8-11-27-28(25-21-23(14-17-26(25)38-27)31(39(4,33)34)40(5,35)36)29(32)22-12-15-24(16-13-22)37-20-10-19-30(3)18-9-7-2/h12-17,21H,6-11,18-20H2,1-5H3. The lowest BCUT2D eigenvalue weighted by atomic mass is 9.98. The maximum atomic E-state index is 13.8. The van der Waals surface area contributed by atoms with Crippen molar-refractivity contribution >= 4 is 42.5 Å². The highest BCUT2D eigenvalue weighted by molar-refractivity contribution is 8.09. The molecule has 0 spiro atoms. The van der Waals surface area contributed by atoms with Crippen molar-refractivity contribution in [1.29, 1.82) is 0 Å². The van der Waals surface area contributed by atoms with E-state index in [4.69, 9.17) is 9.15 Å². The van der Waals surface area contributed by atoms with Crippen LogP contribution in [0.25, 0.3) is 11.0 Å². The van der Waals surface area contributed by atoms with Crippen molar-refractivity contribution in [3.63, 3.8) is 0 Å². The third-order valence-electron chi connectivity index (χ3n) is 6.50. The van der Waals surface area contributed by atoms with Crippen LogP contribution in [-0.4, -0.2) is 66.8 Å². The zero-order valence-corrected chi connectivity index (χ0v) is 25.6. The Balaban J connectivity index is 1.89. The molecule has 9 nitrogen and oxygen atoms in total. The van der Waals surface area contributed by atoms with Gasteiger partial charge in [0.25, 0.3) is 0 Å². The molecule has 220 valence electrons. The molecule has 0 N–H and O–H groups in total. The number of ketones is 1. The van der Waals surface area contributed by atoms with Gasteiger partial charge in [0.15, 0.2) is 5.78 Å². The molecule has 1 heterocycles. The molecule has 0 aliphatic heterocycles. The fraction of sp³-hybridized carbons (Fsp3) is 0.483. The SMILES string of the molecule is CCCCc1oc2ccc(N(S(C)(=O)=O)S(C)(=O)=O)cc2c1C(=O)c1ccc(OCCCN(C)CCCC)cc1. The first-order valence-corrected chi connectivity index (χ1v) is 17.3. The predicted molar refractivity (Wildman–Crippen MR) is 159 cm³/mol. The Bertz CT molecular complexity index is 1480. The summed E-state index contributed by atoms with van der Waals surface area (Å²) in [4.78, 5) is 16.0. The van der Waals surface area contributed by atoms with Crippen LogP contribution < -0.4 is 8.45 Å². The molecule has 0 bridgehead atoms. The molecule has 0 aliphatic rings. The Kier molecular flexibility index (Phi) is 10.8. The van der Waals surface area contributed by atoms with Crippen molar-refractivity contribution in [2.24, 2.45) is 0 Å². The number of aryl methyl sites for hydroxylation is 1. The largest absolute Gasteiger partial charge is 0.494 e. The lowest BCUT2D eigenvalue weighted by molar-refractivity contribution is 0.103. The lowest BCUT2D eigenvalue weighted by Gasteiger charge is -2.19. The number of carbonyl (C=O) groups is 1. The number of hydrogen-bond donors (Lipinski definition) is 0. The van der Waals surface area contributed by atoms with Crippen molar-refractivity contribution in [1.82, 2.24) is 4.90 Å². The van der Waals surface area contributed by atoms with Gasteiger partial charge in [-0.3, -0.25) is 4.79 Å². The summed E-state index contributed by atoms with van der Waals surface area (Å²) >= 11 is 0. The van der Waals surface area contributed by atoms with Crippen molar-refractivity contribution in [2.45, 2.75) is 52.4 Å². The molecule has 0 unspecified atom stereocenters. The maximum Gasteiger partial charge on any atom is 0.245 e. The number of fused-ring (bicyclic) bond motifs is 1. The molecule has 0 radical (unpaired) electrons. The maximum absolute atomic E-state index is 13.8. The zero-order chi connectivity index (χ0) is 29.5. The molecule has 0 atom stereocenters. The highest BCUT2D eigenvalue weighted by Crippen LogP contribution is 2.34. The van der Waals surface area contributed by atoms with Crippen LogP contribution in [0.1, 0.15) is 67.6 Å². The third kappa shape index (κ3) is 8.08. The number of nitrogens with zero attached hydrogens (tertiary/aromatic N) is 2. The lowest BCUT2D eigenvalue weighted by Crippen LogP contribution is -2.35. The molecule has 0 fully saturated rings. The smallest absolute Gasteiger partial charge is 0.245 e. The Morgan fingerprint density at radius 3 is 2.10 bits per heavy atom. The summed E-state index contributed by atoms with van der Waals surface area (Å²) in [5.74, 6) is 0.850. The highest BCUT2D eigenvalue weighted by Gasteiger charge is 2.29. The van der Waals surface area contributed by atoms with Crippen LogP contribution in [0.3, 0.4) is 0 Å². The minimum absolute atomic E-state index is 0.0847. The average Bonchev–Trinajstić information content (AvgIpc) is 3.24. The zero-order valence-electron chi connectivity index (χ0n) is 24.0. The second-order valence-corrected chi connectivity index (χ2v) is 14.0. The van der Waals surface area contributed by atoms with E-state index in [1.807, 2.05) is 6.92 Å². The molecule has 0 amide bonds. The van der Waals surface area contributed by atoms with E-state index in [0.29, 0.717) is 50.3 Å². The van der Waals surface area contributed by atoms with Crippen LogP contribution in [0.15, 0.2) is 46.9 Å². The number of anilines is 1. The van der Waals surface area contributed by atoms with Crippen LogP contribution >= 0.6 is 0 Å². The van der Waals surface area contributed by atoms with Crippen molar-refractivity contribution < 1.29 is 30.8 Å². The van der Waals surface area contributed by atoms with Crippen molar-refractivity contribution in [3.05, 3.63) is 59.4 Å². The van der Waals surface area contributed by atoms with Crippen LogP contribution in [0.4, 0.5) is 5.69 Å². The Morgan fingerprint density at radius 2 is 1.50 bits per heavy atom. The molecule has 3 rings (SSSR count). The summed E-state index contributed by atoms with van der Waals surface area (Å²) in [7, 11) is -6.19. The normalized spacial score (nSPS) is 12.2. The molecule has 0 saturated carbocycles. The van der Waals surface area contributed by atoms with E-state index in [9.17, 15) is 21.6 Å². The van der Waals surface area contributed by atoms with Gasteiger partial charge in [-0.2, -0.15) is 3.71 Å². The van der Waals surface area contributed by atoms with E-state index >= 15 is 0 Å². The minimum atomic E-state index is -4.15. The highest BCUT2D eigenvalue weighted by atomic mass is 32.3. The van der Waals surface area contributed by atoms with E-state index in [0.717, 1.165) is 44.9 Å². The topological polar surface area (TPSA) is 114 Å². The summed E-state index contributed by atoms with van der Waals surface area (Å²) in [6.45, 7) is 6.79. The first-order valence-electron chi connectivity index (χ1n) is 13.6. The summed E-state index contributed by atoms with van der Waals surface area (Å²) in [6, 6.07) is 11.1. The first kappa shape index (κ1) is 31.6. The fourth-order valence-electron chi connectivity index (χ4n) is 4.55. The molecule has 11 heteroatoms. The van der Waals surface area contributed by atoms with Crippen LogP contribution in [0, 0.1) is 0 Å². The van der Waals surface area contributed by atoms with Gasteiger partial charge in [0.2, 0.25) is 20.0 Å². The van der Waals surface area contributed by atoms with Gasteiger partial charge in [-0.05, 0) is 75.3 Å². The quantitative estimate of drug-likeness (QED) is 0.164. The second-order valence-electron chi connectivity index (χ2n) is 10.1. The molecule has 0 aliphatic carbocycles. The Hall–Kier alpha value is -2.89. The molecule has 2 aromatic carbocycles. The van der Waals surface area contributed by atoms with Gasteiger partial charge >= 0.3 is 0 Å². The van der Waals surface area contributed by atoms with Gasteiger partial charge in [-0.15, -0.1) is 0 Å². The molecule has 40 heavy (non-hydrogen) atoms. The summed E-state index contributed by atoms with van der Waals surface area (Å²) < 4.78 is 61.6. The molecular formula is C29H40N2O7S2. The number of unbranched alkanes of at least 4 members (excludes halogenated alkanes) is 2. The van der Waals surface area contributed by atoms with E-state index in [-0.39, 0.29) is 11.5 Å². The van der Waals surface area contributed by atoms with Crippen molar-refractivity contribution in [2.75, 3.05) is 43.0 Å². The minimum Gasteiger partial charge on any atom is -0.494 e. The van der Waals surface area contributed by atoms with Crippen LogP contribution in [0.2, 0.25) is 0 Å². The van der Waals surface area contributed by atoms with E-state index < -0.39 is 20.0 Å². The molecular weight excluding hydrogens is 552 g/mol. The van der Waals surface area contributed by atoms with Gasteiger partial charge in [0, 0.05) is 23.9 Å². The number of rotatable bonds is 16. The molecule has 1 aromatic heterocycles. The predicted octanol–water partition coefficient (Wildman–Crippen LogP) is 5.23. The van der Waals surface area contributed by atoms with Gasteiger partial charge in [-0.1, -0.05) is 26.7 Å². The fourth-order valence-corrected chi connectivity index (χ4v) is 7.51. The molecule has 0 saturated heterocycles. The van der Waals surface area contributed by atoms with E-state index in [2.05, 4.69) is 18.9 Å². The van der Waals surface area contributed by atoms with Gasteiger partial charge in [0.05, 0.1) is 30.4 Å². The van der Waals surface area contributed by atoms with Crippen molar-refractivity contribution in [3.8, 4) is 5.75 Å². The number of carbonyl (C=O) groups excluding carboxylic acids is 1. The Labute approximate surface area is 238 Å². The number of ether oxygens (including phenoxy) is 1. The van der Waals surface area contributed by atoms with E-state index in [1.54, 1.807) is 24.3 Å². The summed E-state index contributed by atoms with van der Waals surface area (Å²) in [6.07, 6.45) is 7.05. The number of furan rings is 1.